The molecule has 1 saturated heterocycles. The molecule has 0 spiro atoms. The minimum Gasteiger partial charge on any atom is -0.492 e. The van der Waals surface area contributed by atoms with Gasteiger partial charge in [-0.05, 0) is 79.1 Å². The van der Waals surface area contributed by atoms with Crippen LogP contribution in [0.3, 0.4) is 0 Å². The van der Waals surface area contributed by atoms with Crippen LogP contribution in [-0.4, -0.2) is 59.5 Å². The summed E-state index contributed by atoms with van der Waals surface area (Å²) >= 11 is 0. The predicted octanol–water partition coefficient (Wildman–Crippen LogP) is 3.78. The third-order valence-electron chi connectivity index (χ3n) is 6.49. The van der Waals surface area contributed by atoms with Crippen molar-refractivity contribution in [2.24, 2.45) is 0 Å². The highest BCUT2D eigenvalue weighted by molar-refractivity contribution is 7.92. The number of amides is 1. The van der Waals surface area contributed by atoms with Crippen LogP contribution < -0.4 is 14.4 Å². The van der Waals surface area contributed by atoms with E-state index in [-0.39, 0.29) is 30.5 Å². The summed E-state index contributed by atoms with van der Waals surface area (Å²) in [5.41, 5.74) is 1.33. The lowest BCUT2D eigenvalue weighted by atomic mass is 10.1. The molecule has 214 valence electrons. The molecule has 40 heavy (non-hydrogen) atoms. The van der Waals surface area contributed by atoms with Crippen LogP contribution in [0.1, 0.15) is 35.2 Å². The second-order valence-corrected chi connectivity index (χ2v) is 13.3. The molecule has 0 bridgehead atoms. The first kappa shape index (κ1) is 29.5. The van der Waals surface area contributed by atoms with Gasteiger partial charge in [-0.15, -0.1) is 0 Å². The smallest absolute Gasteiger partial charge is 0.251 e. The summed E-state index contributed by atoms with van der Waals surface area (Å²) < 4.78 is 71.8. The van der Waals surface area contributed by atoms with Gasteiger partial charge in [-0.3, -0.25) is 9.10 Å². The van der Waals surface area contributed by atoms with Gasteiger partial charge in [0.05, 0.1) is 29.9 Å². The van der Waals surface area contributed by atoms with Gasteiger partial charge >= 0.3 is 0 Å². The summed E-state index contributed by atoms with van der Waals surface area (Å²) in [6.07, 6.45) is 3.86. The molecule has 4 rings (SSSR count). The maximum Gasteiger partial charge on any atom is 0.251 e. The first-order chi connectivity index (χ1) is 19.0. The summed E-state index contributed by atoms with van der Waals surface area (Å²) in [7, 11) is -7.14. The van der Waals surface area contributed by atoms with E-state index in [1.165, 1.54) is 69.3 Å². The minimum atomic E-state index is -3.63. The Morgan fingerprint density at radius 3 is 2.12 bits per heavy atom. The van der Waals surface area contributed by atoms with E-state index in [2.05, 4.69) is 5.32 Å². The Morgan fingerprint density at radius 1 is 0.900 bits per heavy atom. The summed E-state index contributed by atoms with van der Waals surface area (Å²) in [6, 6.07) is 17.9. The number of benzene rings is 3. The maximum atomic E-state index is 13.2. The molecule has 1 fully saturated rings. The molecule has 1 amide bonds. The van der Waals surface area contributed by atoms with Crippen molar-refractivity contribution in [3.63, 3.8) is 0 Å². The molecule has 0 aliphatic carbocycles. The number of piperidine rings is 1. The molecular formula is C28H32FN3O6S2. The number of nitrogens with zero attached hydrogens (tertiary/aromatic N) is 2. The van der Waals surface area contributed by atoms with Crippen LogP contribution >= 0.6 is 0 Å². The van der Waals surface area contributed by atoms with Crippen LogP contribution in [0, 0.1) is 5.82 Å². The molecule has 12 heteroatoms. The Balaban J connectivity index is 1.28. The Morgan fingerprint density at radius 2 is 1.52 bits per heavy atom. The Kier molecular flexibility index (Phi) is 9.44. The van der Waals surface area contributed by atoms with Crippen molar-refractivity contribution in [2.75, 3.05) is 36.8 Å². The van der Waals surface area contributed by atoms with Crippen LogP contribution in [0.15, 0.2) is 77.7 Å². The van der Waals surface area contributed by atoms with Crippen molar-refractivity contribution < 1.29 is 30.8 Å². The van der Waals surface area contributed by atoms with Gasteiger partial charge in [-0.25, -0.2) is 21.2 Å². The molecule has 0 unspecified atom stereocenters. The van der Waals surface area contributed by atoms with E-state index in [1.807, 2.05) is 0 Å². The van der Waals surface area contributed by atoms with Crippen molar-refractivity contribution in [3.8, 4) is 5.75 Å². The molecule has 0 radical (unpaired) electrons. The van der Waals surface area contributed by atoms with Crippen molar-refractivity contribution in [1.29, 1.82) is 0 Å². The molecule has 1 heterocycles. The number of hydrogen-bond acceptors (Lipinski definition) is 6. The van der Waals surface area contributed by atoms with Crippen molar-refractivity contribution in [3.05, 3.63) is 89.7 Å². The average molecular weight is 590 g/mol. The third-order valence-corrected chi connectivity index (χ3v) is 9.54. The van der Waals surface area contributed by atoms with Gasteiger partial charge in [0.2, 0.25) is 20.0 Å². The van der Waals surface area contributed by atoms with E-state index >= 15 is 0 Å². The van der Waals surface area contributed by atoms with Gasteiger partial charge in [0, 0.05) is 18.7 Å². The van der Waals surface area contributed by atoms with Crippen molar-refractivity contribution in [1.82, 2.24) is 9.62 Å². The van der Waals surface area contributed by atoms with Gasteiger partial charge in [-0.2, -0.15) is 4.31 Å². The first-order valence-electron chi connectivity index (χ1n) is 12.9. The standard InChI is InChI=1S/C28H32FN3O6S2/c1-39(34,35)32(21-22-5-9-24(29)10-6-22)25-11-7-23(8-12-25)28(33)30-17-20-38-26-13-15-27(16-14-26)40(36,37)31-18-3-2-4-19-31/h5-16H,2-4,17-21H2,1H3,(H,30,33). The number of halogens is 1. The normalized spacial score (nSPS) is 14.4. The number of carbonyl (C=O) groups excluding carboxylic acids is 1. The van der Waals surface area contributed by atoms with Gasteiger partial charge in [0.15, 0.2) is 0 Å². The van der Waals surface area contributed by atoms with E-state index in [9.17, 15) is 26.0 Å². The van der Waals surface area contributed by atoms with Crippen molar-refractivity contribution in [2.45, 2.75) is 30.7 Å². The molecule has 1 N–H and O–H groups in total. The van der Waals surface area contributed by atoms with Gasteiger partial charge in [0.25, 0.3) is 5.91 Å². The van der Waals surface area contributed by atoms with Gasteiger partial charge in [-0.1, -0.05) is 18.6 Å². The molecule has 1 aliphatic rings. The molecule has 9 nitrogen and oxygen atoms in total. The number of ether oxygens (including phenoxy) is 1. The number of carbonyl (C=O) groups is 1. The van der Waals surface area contributed by atoms with Gasteiger partial charge < -0.3 is 10.1 Å². The fraction of sp³-hybridized carbons (Fsp3) is 0.321. The van der Waals surface area contributed by atoms with Crippen LogP contribution in [0.2, 0.25) is 0 Å². The summed E-state index contributed by atoms with van der Waals surface area (Å²) in [4.78, 5) is 12.8. The average Bonchev–Trinajstić information content (AvgIpc) is 2.95. The largest absolute Gasteiger partial charge is 0.492 e. The minimum absolute atomic E-state index is 0.0210. The number of anilines is 1. The topological polar surface area (TPSA) is 113 Å². The Bertz CT molecular complexity index is 1510. The van der Waals surface area contributed by atoms with Crippen molar-refractivity contribution >= 4 is 31.6 Å². The monoisotopic (exact) mass is 589 g/mol. The van der Waals surface area contributed by atoms with Gasteiger partial charge in [0.1, 0.15) is 18.2 Å². The summed E-state index contributed by atoms with van der Waals surface area (Å²) in [5, 5.41) is 2.74. The number of nitrogens with one attached hydrogen (secondary N) is 1. The number of hydrogen-bond donors (Lipinski definition) is 1. The lowest BCUT2D eigenvalue weighted by molar-refractivity contribution is 0.0947. The summed E-state index contributed by atoms with van der Waals surface area (Å²) in [5.74, 6) is -0.284. The summed E-state index contributed by atoms with van der Waals surface area (Å²) in [6.45, 7) is 1.47. The SMILES string of the molecule is CS(=O)(=O)N(Cc1ccc(F)cc1)c1ccc(C(=O)NCCOc2ccc(S(=O)(=O)N3CCCCC3)cc2)cc1. The zero-order valence-corrected chi connectivity index (χ0v) is 23.8. The van der Waals surface area contributed by atoms with E-state index in [4.69, 9.17) is 4.74 Å². The molecule has 0 saturated carbocycles. The Labute approximate surface area is 234 Å². The van der Waals surface area contributed by atoms with E-state index < -0.39 is 25.9 Å². The van der Waals surface area contributed by atoms with E-state index in [0.717, 1.165) is 25.5 Å². The molecule has 3 aromatic rings. The van der Waals surface area contributed by atoms with E-state index in [0.29, 0.717) is 35.7 Å². The molecule has 1 aliphatic heterocycles. The molecule has 0 aromatic heterocycles. The fourth-order valence-electron chi connectivity index (χ4n) is 4.33. The molecular weight excluding hydrogens is 557 g/mol. The third kappa shape index (κ3) is 7.58. The van der Waals surface area contributed by atoms with Crippen LogP contribution in [0.25, 0.3) is 0 Å². The first-order valence-corrected chi connectivity index (χ1v) is 16.2. The zero-order chi connectivity index (χ0) is 28.8. The number of rotatable bonds is 11. The zero-order valence-electron chi connectivity index (χ0n) is 22.1. The quantitative estimate of drug-likeness (QED) is 0.341. The lowest BCUT2D eigenvalue weighted by Crippen LogP contribution is -2.35. The molecule has 0 atom stereocenters. The maximum absolute atomic E-state index is 13.2. The van der Waals surface area contributed by atoms with Crippen LogP contribution in [0.4, 0.5) is 10.1 Å². The second-order valence-electron chi connectivity index (χ2n) is 9.48. The predicted molar refractivity (Wildman–Crippen MR) is 151 cm³/mol. The molecule has 3 aromatic carbocycles. The second kappa shape index (κ2) is 12.8. The van der Waals surface area contributed by atoms with Crippen LogP contribution in [-0.2, 0) is 26.6 Å². The highest BCUT2D eigenvalue weighted by Gasteiger charge is 2.25. The van der Waals surface area contributed by atoms with E-state index in [1.54, 1.807) is 12.1 Å². The fourth-order valence-corrected chi connectivity index (χ4v) is 6.74. The van der Waals surface area contributed by atoms with Crippen LogP contribution in [0.5, 0.6) is 5.75 Å². The highest BCUT2D eigenvalue weighted by atomic mass is 32.2. The Hall–Kier alpha value is -3.48. The number of sulfonamides is 2. The highest BCUT2D eigenvalue weighted by Crippen LogP contribution is 2.23. The lowest BCUT2D eigenvalue weighted by Gasteiger charge is -2.25.